The van der Waals surface area contributed by atoms with Crippen LogP contribution in [-0.2, 0) is 11.8 Å². The normalized spacial score (nSPS) is 14.1. The fourth-order valence-electron chi connectivity index (χ4n) is 3.29. The fraction of sp³-hybridized carbons (Fsp3) is 0.0455. The molecule has 0 saturated carbocycles. The Hall–Kier alpha value is -4.13. The minimum absolute atomic E-state index is 0.206. The first kappa shape index (κ1) is 17.0. The van der Waals surface area contributed by atoms with E-state index in [1.807, 2.05) is 61.6 Å². The highest BCUT2D eigenvalue weighted by Gasteiger charge is 2.26. The number of hydrogen-bond acceptors (Lipinski definition) is 5. The van der Waals surface area contributed by atoms with Crippen molar-refractivity contribution in [1.82, 2.24) is 14.8 Å². The SMILES string of the molecule is Cn1nc(-c2ccccc2)cc1N/C=C1/C(=O)Nc2ncc(-c3ccco3)cc21. The predicted octanol–water partition coefficient (Wildman–Crippen LogP) is 4.15. The van der Waals surface area contributed by atoms with Crippen LogP contribution in [0.15, 0.2) is 77.7 Å². The zero-order valence-corrected chi connectivity index (χ0v) is 15.6. The number of pyridine rings is 1. The van der Waals surface area contributed by atoms with Gasteiger partial charge in [-0.2, -0.15) is 5.10 Å². The van der Waals surface area contributed by atoms with E-state index in [-0.39, 0.29) is 5.91 Å². The Balaban J connectivity index is 1.46. The summed E-state index contributed by atoms with van der Waals surface area (Å²) in [4.78, 5) is 16.8. The van der Waals surface area contributed by atoms with E-state index >= 15 is 0 Å². The van der Waals surface area contributed by atoms with E-state index in [2.05, 4.69) is 20.7 Å². The molecule has 0 spiro atoms. The van der Waals surface area contributed by atoms with Gasteiger partial charge in [-0.3, -0.25) is 9.48 Å². The zero-order chi connectivity index (χ0) is 19.8. The van der Waals surface area contributed by atoms with Gasteiger partial charge in [-0.25, -0.2) is 4.98 Å². The molecule has 1 aromatic carbocycles. The van der Waals surface area contributed by atoms with E-state index in [9.17, 15) is 4.79 Å². The largest absolute Gasteiger partial charge is 0.464 e. The average molecular weight is 383 g/mol. The van der Waals surface area contributed by atoms with E-state index in [4.69, 9.17) is 4.42 Å². The molecule has 0 fully saturated rings. The molecular formula is C22H17N5O2. The maximum absolute atomic E-state index is 12.5. The molecule has 1 aliphatic rings. The van der Waals surface area contributed by atoms with Gasteiger partial charge in [0, 0.05) is 42.2 Å². The summed E-state index contributed by atoms with van der Waals surface area (Å²) in [6.07, 6.45) is 4.97. The molecule has 142 valence electrons. The average Bonchev–Trinajstić information content (AvgIpc) is 3.46. The molecule has 2 N–H and O–H groups in total. The Labute approximate surface area is 166 Å². The van der Waals surface area contributed by atoms with Gasteiger partial charge >= 0.3 is 0 Å². The molecule has 3 aromatic heterocycles. The van der Waals surface area contributed by atoms with Crippen LogP contribution < -0.4 is 10.6 Å². The van der Waals surface area contributed by atoms with Crippen molar-refractivity contribution in [3.05, 3.63) is 78.8 Å². The lowest BCUT2D eigenvalue weighted by atomic mass is 10.1. The molecule has 0 aliphatic carbocycles. The second kappa shape index (κ2) is 6.79. The van der Waals surface area contributed by atoms with Gasteiger partial charge in [0.2, 0.25) is 0 Å². The van der Waals surface area contributed by atoms with Gasteiger partial charge in [-0.1, -0.05) is 30.3 Å². The molecule has 1 amide bonds. The Morgan fingerprint density at radius 3 is 2.76 bits per heavy atom. The Morgan fingerprint density at radius 2 is 1.97 bits per heavy atom. The van der Waals surface area contributed by atoms with E-state index < -0.39 is 0 Å². The highest BCUT2D eigenvalue weighted by atomic mass is 16.3. The highest BCUT2D eigenvalue weighted by Crippen LogP contribution is 2.33. The lowest BCUT2D eigenvalue weighted by molar-refractivity contribution is -0.110. The first-order chi connectivity index (χ1) is 14.2. The van der Waals surface area contributed by atoms with Crippen LogP contribution in [0.1, 0.15) is 5.56 Å². The van der Waals surface area contributed by atoms with E-state index in [0.29, 0.717) is 17.2 Å². The number of aryl methyl sites for hydroxylation is 1. The molecule has 0 atom stereocenters. The molecule has 5 rings (SSSR count). The molecule has 1 aliphatic heterocycles. The molecular weight excluding hydrogens is 366 g/mol. The van der Waals surface area contributed by atoms with Crippen molar-refractivity contribution in [2.45, 2.75) is 0 Å². The van der Waals surface area contributed by atoms with Gasteiger partial charge in [0.25, 0.3) is 5.91 Å². The van der Waals surface area contributed by atoms with Crippen molar-refractivity contribution in [3.8, 4) is 22.6 Å². The van der Waals surface area contributed by atoms with E-state index in [0.717, 1.165) is 28.2 Å². The summed E-state index contributed by atoms with van der Waals surface area (Å²) in [5.74, 6) is 1.80. The number of nitrogens with zero attached hydrogens (tertiary/aromatic N) is 3. The highest BCUT2D eigenvalue weighted by molar-refractivity contribution is 6.31. The summed E-state index contributed by atoms with van der Waals surface area (Å²) >= 11 is 0. The minimum atomic E-state index is -0.206. The number of hydrogen-bond donors (Lipinski definition) is 2. The molecule has 0 saturated heterocycles. The number of benzene rings is 1. The molecule has 4 heterocycles. The second-order valence-corrected chi connectivity index (χ2v) is 6.66. The number of amides is 1. The summed E-state index contributed by atoms with van der Waals surface area (Å²) in [6.45, 7) is 0. The third-order valence-corrected chi connectivity index (χ3v) is 4.77. The molecule has 4 aromatic rings. The molecule has 7 heteroatoms. The smallest absolute Gasteiger partial charge is 0.259 e. The number of furan rings is 1. The van der Waals surface area contributed by atoms with Gasteiger partial charge in [0.05, 0.1) is 17.5 Å². The van der Waals surface area contributed by atoms with Crippen molar-refractivity contribution in [3.63, 3.8) is 0 Å². The molecule has 0 radical (unpaired) electrons. The van der Waals surface area contributed by atoms with Gasteiger partial charge in [0.1, 0.15) is 17.4 Å². The minimum Gasteiger partial charge on any atom is -0.464 e. The molecule has 0 unspecified atom stereocenters. The van der Waals surface area contributed by atoms with E-state index in [1.165, 1.54) is 0 Å². The number of rotatable bonds is 4. The van der Waals surface area contributed by atoms with Gasteiger partial charge in [-0.15, -0.1) is 0 Å². The predicted molar refractivity (Wildman–Crippen MR) is 111 cm³/mol. The topological polar surface area (TPSA) is 85.0 Å². The monoisotopic (exact) mass is 383 g/mol. The maximum atomic E-state index is 12.5. The molecule has 0 bridgehead atoms. The van der Waals surface area contributed by atoms with Crippen molar-refractivity contribution < 1.29 is 9.21 Å². The maximum Gasteiger partial charge on any atom is 0.259 e. The van der Waals surface area contributed by atoms with Crippen LogP contribution in [0, 0.1) is 0 Å². The van der Waals surface area contributed by atoms with Crippen molar-refractivity contribution in [2.24, 2.45) is 7.05 Å². The quantitative estimate of drug-likeness (QED) is 0.517. The molecule has 7 nitrogen and oxygen atoms in total. The van der Waals surface area contributed by atoms with Crippen LogP contribution in [0.2, 0.25) is 0 Å². The standard InChI is InChI=1S/C22H17N5O2/c1-27-20(11-18(26-27)14-6-3-2-4-7-14)23-13-17-16-10-15(19-8-5-9-29-19)12-24-21(16)25-22(17)28/h2-13,23H,1H3,(H,24,25,28)/b17-13+. The number of nitrogens with one attached hydrogen (secondary N) is 2. The number of carbonyl (C=O) groups is 1. The summed E-state index contributed by atoms with van der Waals surface area (Å²) in [5.41, 5.74) is 3.92. The van der Waals surface area contributed by atoms with Crippen LogP contribution in [0.4, 0.5) is 11.6 Å². The van der Waals surface area contributed by atoms with Crippen LogP contribution in [0.3, 0.4) is 0 Å². The lowest BCUT2D eigenvalue weighted by Gasteiger charge is -2.03. The number of anilines is 2. The summed E-state index contributed by atoms with van der Waals surface area (Å²) in [5, 5.41) is 10.5. The summed E-state index contributed by atoms with van der Waals surface area (Å²) in [6, 6.07) is 17.4. The Bertz CT molecular complexity index is 1220. The molecule has 29 heavy (non-hydrogen) atoms. The second-order valence-electron chi connectivity index (χ2n) is 6.66. The van der Waals surface area contributed by atoms with Crippen LogP contribution in [-0.4, -0.2) is 20.7 Å². The Morgan fingerprint density at radius 1 is 1.10 bits per heavy atom. The lowest BCUT2D eigenvalue weighted by Crippen LogP contribution is -2.06. The van der Waals surface area contributed by atoms with Crippen LogP contribution >= 0.6 is 0 Å². The van der Waals surface area contributed by atoms with Crippen molar-refractivity contribution in [1.29, 1.82) is 0 Å². The van der Waals surface area contributed by atoms with E-state index in [1.54, 1.807) is 23.3 Å². The summed E-state index contributed by atoms with van der Waals surface area (Å²) in [7, 11) is 1.85. The van der Waals surface area contributed by atoms with Gasteiger partial charge in [-0.05, 0) is 18.2 Å². The number of aromatic nitrogens is 3. The van der Waals surface area contributed by atoms with Gasteiger partial charge in [0.15, 0.2) is 0 Å². The third-order valence-electron chi connectivity index (χ3n) is 4.77. The first-order valence-corrected chi connectivity index (χ1v) is 9.11. The fourth-order valence-corrected chi connectivity index (χ4v) is 3.29. The van der Waals surface area contributed by atoms with Crippen molar-refractivity contribution in [2.75, 3.05) is 10.6 Å². The number of carbonyl (C=O) groups excluding carboxylic acids is 1. The van der Waals surface area contributed by atoms with Gasteiger partial charge < -0.3 is 15.1 Å². The number of fused-ring (bicyclic) bond motifs is 1. The zero-order valence-electron chi connectivity index (χ0n) is 15.6. The third kappa shape index (κ3) is 3.08. The van der Waals surface area contributed by atoms with Crippen LogP contribution in [0.5, 0.6) is 0 Å². The first-order valence-electron chi connectivity index (χ1n) is 9.11. The Kier molecular flexibility index (Phi) is 3.98. The van der Waals surface area contributed by atoms with Crippen molar-refractivity contribution >= 4 is 23.1 Å². The summed E-state index contributed by atoms with van der Waals surface area (Å²) < 4.78 is 7.18. The van der Waals surface area contributed by atoms with Crippen LogP contribution in [0.25, 0.3) is 28.2 Å².